The number of hydrogen-bond donors (Lipinski definition) is 2. The minimum Gasteiger partial charge on any atom is -0.481 e. The molecule has 1 amide bonds. The molecule has 0 saturated carbocycles. The number of amides is 1. The van der Waals surface area contributed by atoms with Crippen molar-refractivity contribution in [3.05, 3.63) is 59.3 Å². The van der Waals surface area contributed by atoms with E-state index in [9.17, 15) is 22.4 Å². The molecule has 25 heavy (non-hydrogen) atoms. The van der Waals surface area contributed by atoms with Crippen molar-refractivity contribution in [3.63, 3.8) is 0 Å². The van der Waals surface area contributed by atoms with Gasteiger partial charge < -0.3 is 14.8 Å². The number of aliphatic carboxylic acids is 1. The topological polar surface area (TPSA) is 114 Å². The van der Waals surface area contributed by atoms with Crippen molar-refractivity contribution >= 4 is 21.7 Å². The van der Waals surface area contributed by atoms with Crippen LogP contribution >= 0.6 is 0 Å². The summed E-state index contributed by atoms with van der Waals surface area (Å²) < 4.78 is 40.7. The van der Waals surface area contributed by atoms with Gasteiger partial charge in [0.25, 0.3) is 5.91 Å². The molecule has 2 rings (SSSR count). The van der Waals surface area contributed by atoms with Crippen molar-refractivity contribution in [3.8, 4) is 0 Å². The Labute approximate surface area is 143 Å². The van der Waals surface area contributed by atoms with E-state index in [-0.39, 0.29) is 17.3 Å². The van der Waals surface area contributed by atoms with Crippen LogP contribution in [0.3, 0.4) is 0 Å². The first kappa shape index (κ1) is 18.7. The van der Waals surface area contributed by atoms with Crippen LogP contribution in [0.25, 0.3) is 0 Å². The number of sulfone groups is 1. The Balaban J connectivity index is 2.16. The zero-order chi connectivity index (χ0) is 18.6. The predicted molar refractivity (Wildman–Crippen MR) is 86.1 cm³/mol. The third-order valence-electron chi connectivity index (χ3n) is 3.25. The van der Waals surface area contributed by atoms with E-state index in [1.165, 1.54) is 24.3 Å². The van der Waals surface area contributed by atoms with Crippen molar-refractivity contribution < 1.29 is 31.9 Å². The second-order valence-corrected chi connectivity index (χ2v) is 7.65. The summed E-state index contributed by atoms with van der Waals surface area (Å²) in [5.41, 5.74) is 0.417. The number of carboxylic acids is 1. The first-order chi connectivity index (χ1) is 11.6. The molecule has 0 aliphatic carbocycles. The van der Waals surface area contributed by atoms with E-state index in [0.717, 1.165) is 18.4 Å². The van der Waals surface area contributed by atoms with Gasteiger partial charge in [-0.2, -0.15) is 0 Å². The molecule has 0 bridgehead atoms. The molecule has 0 saturated heterocycles. The van der Waals surface area contributed by atoms with Crippen LogP contribution in [-0.4, -0.2) is 31.7 Å². The molecular formula is C16H16FNO6S. The van der Waals surface area contributed by atoms with E-state index in [1.54, 1.807) is 0 Å². The van der Waals surface area contributed by atoms with Crippen molar-refractivity contribution in [1.82, 2.24) is 5.32 Å². The fourth-order valence-electron chi connectivity index (χ4n) is 2.19. The summed E-state index contributed by atoms with van der Waals surface area (Å²) in [4.78, 5) is 23.2. The molecule has 2 N–H and O–H groups in total. The summed E-state index contributed by atoms with van der Waals surface area (Å²) in [5, 5.41) is 11.5. The molecule has 1 heterocycles. The summed E-state index contributed by atoms with van der Waals surface area (Å²) in [6.45, 7) is 0. The van der Waals surface area contributed by atoms with Gasteiger partial charge in [0.1, 0.15) is 17.3 Å². The summed E-state index contributed by atoms with van der Waals surface area (Å²) >= 11 is 0. The normalized spacial score (nSPS) is 12.6. The third-order valence-corrected chi connectivity index (χ3v) is 4.06. The number of furan rings is 1. The van der Waals surface area contributed by atoms with Crippen molar-refractivity contribution in [2.24, 2.45) is 0 Å². The average molecular weight is 369 g/mol. The van der Waals surface area contributed by atoms with E-state index in [4.69, 9.17) is 9.52 Å². The van der Waals surface area contributed by atoms with Crippen molar-refractivity contribution in [1.29, 1.82) is 0 Å². The number of carbonyl (C=O) groups is 2. The molecule has 1 aromatic heterocycles. The van der Waals surface area contributed by atoms with E-state index in [2.05, 4.69) is 5.32 Å². The number of carbonyl (C=O) groups excluding carboxylic acids is 1. The molecule has 0 fully saturated rings. The molecule has 1 atom stereocenters. The minimum atomic E-state index is -3.31. The van der Waals surface area contributed by atoms with Crippen LogP contribution in [-0.2, 0) is 20.4 Å². The fourth-order valence-corrected chi connectivity index (χ4v) is 2.86. The quantitative estimate of drug-likeness (QED) is 0.771. The van der Waals surface area contributed by atoms with Gasteiger partial charge in [0.05, 0.1) is 12.5 Å². The van der Waals surface area contributed by atoms with E-state index in [0.29, 0.717) is 5.56 Å². The first-order valence-corrected chi connectivity index (χ1v) is 9.24. The SMILES string of the molecule is CS(=O)(=O)Cc1ccc(C(=O)NC(CC(=O)O)c2ccc(F)cc2)o1. The van der Waals surface area contributed by atoms with Crippen LogP contribution in [0.5, 0.6) is 0 Å². The zero-order valence-corrected chi connectivity index (χ0v) is 14.0. The summed E-state index contributed by atoms with van der Waals surface area (Å²) in [7, 11) is -3.31. The Morgan fingerprint density at radius 3 is 2.40 bits per heavy atom. The molecule has 1 aromatic carbocycles. The van der Waals surface area contributed by atoms with Gasteiger partial charge in [-0.1, -0.05) is 12.1 Å². The van der Waals surface area contributed by atoms with E-state index in [1.807, 2.05) is 0 Å². The van der Waals surface area contributed by atoms with Gasteiger partial charge in [-0.25, -0.2) is 12.8 Å². The second-order valence-electron chi connectivity index (χ2n) is 5.51. The van der Waals surface area contributed by atoms with Gasteiger partial charge in [0.15, 0.2) is 15.6 Å². The van der Waals surface area contributed by atoms with E-state index >= 15 is 0 Å². The Morgan fingerprint density at radius 2 is 1.84 bits per heavy atom. The summed E-state index contributed by atoms with van der Waals surface area (Å²) in [5.74, 6) is -2.72. The summed E-state index contributed by atoms with van der Waals surface area (Å²) in [6.07, 6.45) is 0.626. The second kappa shape index (κ2) is 7.47. The van der Waals surface area contributed by atoms with Crippen molar-refractivity contribution in [2.75, 3.05) is 6.26 Å². The lowest BCUT2D eigenvalue weighted by atomic mass is 10.0. The fraction of sp³-hybridized carbons (Fsp3) is 0.250. The Kier molecular flexibility index (Phi) is 5.58. The monoisotopic (exact) mass is 369 g/mol. The smallest absolute Gasteiger partial charge is 0.305 e. The molecule has 0 spiro atoms. The molecule has 2 aromatic rings. The maximum Gasteiger partial charge on any atom is 0.305 e. The standard InChI is InChI=1S/C16H16FNO6S/c1-25(22,23)9-12-6-7-14(24-12)16(21)18-13(8-15(19)20)10-2-4-11(17)5-3-10/h2-7,13H,8-9H2,1H3,(H,18,21)(H,19,20). The number of rotatable bonds is 7. The number of halogens is 1. The maximum atomic E-state index is 13.0. The van der Waals surface area contributed by atoms with Gasteiger partial charge in [0.2, 0.25) is 0 Å². The van der Waals surface area contributed by atoms with Crippen LogP contribution < -0.4 is 5.32 Å². The minimum absolute atomic E-state index is 0.101. The lowest BCUT2D eigenvalue weighted by Gasteiger charge is -2.16. The number of hydrogen-bond acceptors (Lipinski definition) is 5. The predicted octanol–water partition coefficient (Wildman–Crippen LogP) is 1.91. The van der Waals surface area contributed by atoms with Crippen LogP contribution in [0.2, 0.25) is 0 Å². The van der Waals surface area contributed by atoms with Crippen LogP contribution in [0.15, 0.2) is 40.8 Å². The van der Waals surface area contributed by atoms with Gasteiger partial charge in [-0.15, -0.1) is 0 Å². The zero-order valence-electron chi connectivity index (χ0n) is 13.2. The highest BCUT2D eigenvalue weighted by Gasteiger charge is 2.21. The van der Waals surface area contributed by atoms with Gasteiger partial charge >= 0.3 is 5.97 Å². The molecular weight excluding hydrogens is 353 g/mol. The van der Waals surface area contributed by atoms with E-state index < -0.39 is 40.0 Å². The maximum absolute atomic E-state index is 13.0. The lowest BCUT2D eigenvalue weighted by molar-refractivity contribution is -0.137. The highest BCUT2D eigenvalue weighted by atomic mass is 32.2. The van der Waals surface area contributed by atoms with Crippen LogP contribution in [0.1, 0.15) is 34.3 Å². The highest BCUT2D eigenvalue weighted by molar-refractivity contribution is 7.89. The Bertz CT molecular complexity index is 872. The molecule has 7 nitrogen and oxygen atoms in total. The third kappa shape index (κ3) is 5.71. The molecule has 0 aliphatic rings. The molecule has 134 valence electrons. The Hall–Kier alpha value is -2.68. The molecule has 9 heteroatoms. The van der Waals surface area contributed by atoms with Gasteiger partial charge in [0, 0.05) is 6.26 Å². The molecule has 1 unspecified atom stereocenters. The van der Waals surface area contributed by atoms with Crippen LogP contribution in [0, 0.1) is 5.82 Å². The summed E-state index contributed by atoms with van der Waals surface area (Å²) in [6, 6.07) is 6.84. The largest absolute Gasteiger partial charge is 0.481 e. The number of nitrogens with one attached hydrogen (secondary N) is 1. The van der Waals surface area contributed by atoms with Crippen LogP contribution in [0.4, 0.5) is 4.39 Å². The van der Waals surface area contributed by atoms with Crippen molar-refractivity contribution in [2.45, 2.75) is 18.2 Å². The first-order valence-electron chi connectivity index (χ1n) is 7.18. The van der Waals surface area contributed by atoms with Gasteiger partial charge in [-0.05, 0) is 29.8 Å². The molecule has 0 radical (unpaired) electrons. The number of benzene rings is 1. The Morgan fingerprint density at radius 1 is 1.20 bits per heavy atom. The molecule has 0 aliphatic heterocycles. The highest BCUT2D eigenvalue weighted by Crippen LogP contribution is 2.19. The average Bonchev–Trinajstić information content (AvgIpc) is 2.93. The van der Waals surface area contributed by atoms with Gasteiger partial charge in [-0.3, -0.25) is 9.59 Å². The lowest BCUT2D eigenvalue weighted by Crippen LogP contribution is -2.30. The number of carboxylic acid groups (broad SMARTS) is 1.